The first-order chi connectivity index (χ1) is 10.6. The van der Waals surface area contributed by atoms with E-state index in [1.54, 1.807) is 18.3 Å². The van der Waals surface area contributed by atoms with E-state index in [1.165, 1.54) is 0 Å². The molecule has 0 bridgehead atoms. The summed E-state index contributed by atoms with van der Waals surface area (Å²) in [6.45, 7) is 7.17. The Hall–Kier alpha value is -1.88. The minimum absolute atomic E-state index is 0.0559. The Kier molecular flexibility index (Phi) is 5.55. The number of carbonyl (C=O) groups excluding carboxylic acids is 1. The van der Waals surface area contributed by atoms with Crippen molar-refractivity contribution in [3.63, 3.8) is 0 Å². The first-order valence-electron chi connectivity index (χ1n) is 7.24. The lowest BCUT2D eigenvalue weighted by Crippen LogP contribution is -2.01. The summed E-state index contributed by atoms with van der Waals surface area (Å²) < 4.78 is 8.33. The Morgan fingerprint density at radius 2 is 2.18 bits per heavy atom. The van der Waals surface area contributed by atoms with Crippen LogP contribution in [-0.4, -0.2) is 22.2 Å². The maximum Gasteiger partial charge on any atom is 0.189 e. The molecule has 1 aromatic heterocycles. The zero-order chi connectivity index (χ0) is 16.1. The van der Waals surface area contributed by atoms with Crippen molar-refractivity contribution in [1.29, 1.82) is 0 Å². The van der Waals surface area contributed by atoms with Crippen molar-refractivity contribution >= 4 is 27.8 Å². The first kappa shape index (κ1) is 16.5. The fraction of sp³-hybridized carbons (Fsp3) is 0.294. The molecule has 0 saturated heterocycles. The molecule has 2 aromatic rings. The maximum absolute atomic E-state index is 12.3. The van der Waals surface area contributed by atoms with Gasteiger partial charge in [0.05, 0.1) is 18.4 Å². The standard InChI is InChI=1S/C17H19BrN2O2/c1-4-20-12(3)15(11-19-20)16(21)8-6-13-10-14(18)7-9-17(13)22-5-2/h6-11H,4-5H2,1-3H3/b8-6+. The Balaban J connectivity index is 2.26. The molecule has 0 saturated carbocycles. The van der Waals surface area contributed by atoms with Crippen LogP contribution in [0.4, 0.5) is 0 Å². The average molecular weight is 363 g/mol. The molecule has 0 N–H and O–H groups in total. The molecule has 22 heavy (non-hydrogen) atoms. The lowest BCUT2D eigenvalue weighted by atomic mass is 10.1. The summed E-state index contributed by atoms with van der Waals surface area (Å²) in [6, 6.07) is 5.73. The largest absolute Gasteiger partial charge is 0.493 e. The second kappa shape index (κ2) is 7.40. The third kappa shape index (κ3) is 3.65. The van der Waals surface area contributed by atoms with Crippen molar-refractivity contribution in [3.05, 3.63) is 51.8 Å². The van der Waals surface area contributed by atoms with Crippen molar-refractivity contribution in [1.82, 2.24) is 9.78 Å². The average Bonchev–Trinajstić information content (AvgIpc) is 2.88. The normalized spacial score (nSPS) is 11.1. The summed E-state index contributed by atoms with van der Waals surface area (Å²) in [4.78, 5) is 12.3. The maximum atomic E-state index is 12.3. The van der Waals surface area contributed by atoms with E-state index in [1.807, 2.05) is 43.7 Å². The van der Waals surface area contributed by atoms with E-state index in [4.69, 9.17) is 4.74 Å². The summed E-state index contributed by atoms with van der Waals surface area (Å²) in [5.74, 6) is 0.704. The second-order valence-corrected chi connectivity index (χ2v) is 5.69. The molecular formula is C17H19BrN2O2. The molecule has 0 aliphatic rings. The lowest BCUT2D eigenvalue weighted by molar-refractivity contribution is 0.104. The number of aromatic nitrogens is 2. The Morgan fingerprint density at radius 1 is 1.41 bits per heavy atom. The number of halogens is 1. The monoisotopic (exact) mass is 362 g/mol. The highest BCUT2D eigenvalue weighted by Gasteiger charge is 2.11. The van der Waals surface area contributed by atoms with E-state index in [2.05, 4.69) is 21.0 Å². The molecule has 0 spiro atoms. The van der Waals surface area contributed by atoms with Crippen LogP contribution in [0.15, 0.2) is 34.9 Å². The third-order valence-corrected chi connectivity index (χ3v) is 3.85. The van der Waals surface area contributed by atoms with E-state index in [-0.39, 0.29) is 5.78 Å². The second-order valence-electron chi connectivity index (χ2n) is 4.77. The summed E-state index contributed by atoms with van der Waals surface area (Å²) in [7, 11) is 0. The number of allylic oxidation sites excluding steroid dienone is 1. The van der Waals surface area contributed by atoms with Gasteiger partial charge < -0.3 is 4.74 Å². The highest BCUT2D eigenvalue weighted by Crippen LogP contribution is 2.25. The summed E-state index contributed by atoms with van der Waals surface area (Å²) in [5.41, 5.74) is 2.38. The molecule has 0 fully saturated rings. The number of rotatable bonds is 6. The van der Waals surface area contributed by atoms with Crippen LogP contribution in [-0.2, 0) is 6.54 Å². The van der Waals surface area contributed by atoms with Gasteiger partial charge in [-0.25, -0.2) is 0 Å². The van der Waals surface area contributed by atoms with Crippen LogP contribution in [0.25, 0.3) is 6.08 Å². The van der Waals surface area contributed by atoms with E-state index < -0.39 is 0 Å². The summed E-state index contributed by atoms with van der Waals surface area (Å²) in [5, 5.41) is 4.20. The molecule has 116 valence electrons. The van der Waals surface area contributed by atoms with Crippen LogP contribution >= 0.6 is 15.9 Å². The molecule has 0 atom stereocenters. The third-order valence-electron chi connectivity index (χ3n) is 3.35. The van der Waals surface area contributed by atoms with Crippen LogP contribution in [0.3, 0.4) is 0 Å². The molecule has 0 radical (unpaired) electrons. The zero-order valence-electron chi connectivity index (χ0n) is 13.0. The van der Waals surface area contributed by atoms with Gasteiger partial charge in [0.2, 0.25) is 0 Å². The van der Waals surface area contributed by atoms with Gasteiger partial charge in [0.15, 0.2) is 5.78 Å². The van der Waals surface area contributed by atoms with Gasteiger partial charge in [-0.05, 0) is 51.1 Å². The van der Waals surface area contributed by atoms with Gasteiger partial charge in [-0.15, -0.1) is 0 Å². The van der Waals surface area contributed by atoms with Crippen LogP contribution in [0, 0.1) is 6.92 Å². The SMILES string of the molecule is CCOc1ccc(Br)cc1/C=C/C(=O)c1cnn(CC)c1C. The van der Waals surface area contributed by atoms with Crippen LogP contribution < -0.4 is 4.74 Å². The molecule has 0 aliphatic carbocycles. The number of hydrogen-bond donors (Lipinski definition) is 0. The van der Waals surface area contributed by atoms with E-state index >= 15 is 0 Å². The summed E-state index contributed by atoms with van der Waals surface area (Å²) in [6.07, 6.45) is 4.96. The van der Waals surface area contributed by atoms with Gasteiger partial charge in [0.25, 0.3) is 0 Å². The topological polar surface area (TPSA) is 44.1 Å². The van der Waals surface area contributed by atoms with Crippen LogP contribution in [0.2, 0.25) is 0 Å². The first-order valence-corrected chi connectivity index (χ1v) is 8.03. The zero-order valence-corrected chi connectivity index (χ0v) is 14.6. The predicted molar refractivity (Wildman–Crippen MR) is 91.3 cm³/mol. The van der Waals surface area contributed by atoms with Gasteiger partial charge in [-0.1, -0.05) is 15.9 Å². The highest BCUT2D eigenvalue weighted by atomic mass is 79.9. The molecule has 2 rings (SSSR count). The molecular weight excluding hydrogens is 344 g/mol. The fourth-order valence-electron chi connectivity index (χ4n) is 2.20. The number of hydrogen-bond acceptors (Lipinski definition) is 3. The number of benzene rings is 1. The molecule has 0 aliphatic heterocycles. The van der Waals surface area contributed by atoms with E-state index in [0.717, 1.165) is 28.0 Å². The Morgan fingerprint density at radius 3 is 2.82 bits per heavy atom. The van der Waals surface area contributed by atoms with Gasteiger partial charge in [-0.2, -0.15) is 5.10 Å². The number of ketones is 1. The molecule has 0 unspecified atom stereocenters. The van der Waals surface area contributed by atoms with Gasteiger partial charge in [-0.3, -0.25) is 9.48 Å². The Bertz CT molecular complexity index is 705. The minimum Gasteiger partial charge on any atom is -0.493 e. The van der Waals surface area contributed by atoms with E-state index in [9.17, 15) is 4.79 Å². The highest BCUT2D eigenvalue weighted by molar-refractivity contribution is 9.10. The van der Waals surface area contributed by atoms with Crippen molar-refractivity contribution < 1.29 is 9.53 Å². The molecule has 0 amide bonds. The van der Waals surface area contributed by atoms with Crippen molar-refractivity contribution in [2.24, 2.45) is 0 Å². The summed E-state index contributed by atoms with van der Waals surface area (Å²) >= 11 is 3.44. The van der Waals surface area contributed by atoms with Crippen LogP contribution in [0.1, 0.15) is 35.5 Å². The van der Waals surface area contributed by atoms with Crippen LogP contribution in [0.5, 0.6) is 5.75 Å². The number of ether oxygens (including phenoxy) is 1. The fourth-order valence-corrected chi connectivity index (χ4v) is 2.58. The predicted octanol–water partition coefficient (Wildman–Crippen LogP) is 4.27. The molecule has 4 nitrogen and oxygen atoms in total. The Labute approximate surface area is 138 Å². The van der Waals surface area contributed by atoms with E-state index in [0.29, 0.717) is 12.2 Å². The van der Waals surface area contributed by atoms with Crippen molar-refractivity contribution in [2.75, 3.05) is 6.61 Å². The number of aryl methyl sites for hydroxylation is 1. The molecule has 1 heterocycles. The van der Waals surface area contributed by atoms with Gasteiger partial charge in [0, 0.05) is 22.3 Å². The van der Waals surface area contributed by atoms with Crippen molar-refractivity contribution in [3.8, 4) is 5.75 Å². The number of nitrogens with zero attached hydrogens (tertiary/aromatic N) is 2. The van der Waals surface area contributed by atoms with Gasteiger partial charge >= 0.3 is 0 Å². The van der Waals surface area contributed by atoms with Gasteiger partial charge in [0.1, 0.15) is 5.75 Å². The molecule has 5 heteroatoms. The quantitative estimate of drug-likeness (QED) is 0.569. The molecule has 1 aromatic carbocycles. The smallest absolute Gasteiger partial charge is 0.189 e. The number of carbonyl (C=O) groups is 1. The minimum atomic E-state index is -0.0559. The van der Waals surface area contributed by atoms with Crippen molar-refractivity contribution in [2.45, 2.75) is 27.3 Å². The lowest BCUT2D eigenvalue weighted by Gasteiger charge is -2.07.